The number of aryl methyl sites for hydroxylation is 2. The van der Waals surface area contributed by atoms with Crippen molar-refractivity contribution in [2.24, 2.45) is 5.41 Å². The molecule has 5 heteroatoms. The van der Waals surface area contributed by atoms with Crippen molar-refractivity contribution in [1.82, 2.24) is 0 Å². The van der Waals surface area contributed by atoms with E-state index in [1.54, 1.807) is 19.9 Å². The predicted octanol–water partition coefficient (Wildman–Crippen LogP) is 5.02. The van der Waals surface area contributed by atoms with Crippen LogP contribution in [0.15, 0.2) is 18.2 Å². The second-order valence-electron chi connectivity index (χ2n) is 8.82. The topological polar surface area (TPSA) is 83.8 Å². The predicted molar refractivity (Wildman–Crippen MR) is 108 cm³/mol. The molecule has 0 heterocycles. The van der Waals surface area contributed by atoms with Gasteiger partial charge in [0.1, 0.15) is 11.4 Å². The molecule has 1 fully saturated rings. The van der Waals surface area contributed by atoms with Crippen LogP contribution in [0.25, 0.3) is 0 Å². The average molecular weight is 391 g/mol. The molecule has 2 rings (SSSR count). The van der Waals surface area contributed by atoms with Crippen LogP contribution >= 0.6 is 0 Å². The fourth-order valence-electron chi connectivity index (χ4n) is 3.61. The Morgan fingerprint density at radius 1 is 1.14 bits per heavy atom. The highest BCUT2D eigenvalue weighted by Crippen LogP contribution is 2.43. The maximum absolute atomic E-state index is 11.1. The molecule has 0 aliphatic heterocycles. The van der Waals surface area contributed by atoms with Crippen molar-refractivity contribution in [2.75, 3.05) is 0 Å². The van der Waals surface area contributed by atoms with E-state index < -0.39 is 11.4 Å². The van der Waals surface area contributed by atoms with Gasteiger partial charge in [-0.1, -0.05) is 25.0 Å². The molecule has 0 unspecified atom stereocenters. The summed E-state index contributed by atoms with van der Waals surface area (Å²) in [5, 5.41) is 19.3. The molecule has 0 amide bonds. The van der Waals surface area contributed by atoms with Crippen LogP contribution in [-0.4, -0.2) is 28.3 Å². The SMILES string of the molecule is CC(C)(CCCCCc1ccc(O)c(CCCCC2(OC=O)CC2)c1)C(=O)O. The molecule has 0 atom stereocenters. The van der Waals surface area contributed by atoms with E-state index in [2.05, 4.69) is 6.07 Å². The van der Waals surface area contributed by atoms with Gasteiger partial charge in [0.05, 0.1) is 5.41 Å². The van der Waals surface area contributed by atoms with Crippen LogP contribution in [0, 0.1) is 5.41 Å². The molecular formula is C23H34O5. The van der Waals surface area contributed by atoms with Gasteiger partial charge in [0, 0.05) is 0 Å². The lowest BCUT2D eigenvalue weighted by Gasteiger charge is -2.18. The molecule has 1 aliphatic carbocycles. The minimum atomic E-state index is -0.735. The average Bonchev–Trinajstić information content (AvgIpc) is 3.40. The van der Waals surface area contributed by atoms with Gasteiger partial charge in [-0.2, -0.15) is 0 Å². The molecule has 0 bridgehead atoms. The first-order chi connectivity index (χ1) is 13.3. The number of hydrogen-bond donors (Lipinski definition) is 2. The molecular weight excluding hydrogens is 356 g/mol. The highest BCUT2D eigenvalue weighted by Gasteiger charge is 2.44. The van der Waals surface area contributed by atoms with Crippen molar-refractivity contribution in [2.45, 2.75) is 90.1 Å². The van der Waals surface area contributed by atoms with E-state index >= 15 is 0 Å². The third-order valence-corrected chi connectivity index (χ3v) is 5.92. The standard InChI is InChI=1S/C23H34O5/c1-22(2,21(26)27)12-6-3-4-8-18-10-11-20(25)19(16-18)9-5-7-13-23(14-15-23)28-17-24/h10-11,16-17,25H,3-9,12-15H2,1-2H3,(H,26,27). The van der Waals surface area contributed by atoms with Crippen molar-refractivity contribution in [1.29, 1.82) is 0 Å². The van der Waals surface area contributed by atoms with Crippen LogP contribution in [-0.2, 0) is 27.2 Å². The Hall–Kier alpha value is -2.04. The molecule has 1 aromatic rings. The molecule has 156 valence electrons. The number of rotatable bonds is 14. The molecule has 2 N–H and O–H groups in total. The number of phenolic OH excluding ortho intramolecular Hbond substituents is 1. The van der Waals surface area contributed by atoms with Crippen LogP contribution in [0.4, 0.5) is 0 Å². The van der Waals surface area contributed by atoms with E-state index in [4.69, 9.17) is 9.84 Å². The second-order valence-corrected chi connectivity index (χ2v) is 8.82. The molecule has 1 aromatic carbocycles. The molecule has 5 nitrogen and oxygen atoms in total. The summed E-state index contributed by atoms with van der Waals surface area (Å²) in [6, 6.07) is 5.83. The number of carbonyl (C=O) groups is 2. The van der Waals surface area contributed by atoms with Crippen LogP contribution in [0.3, 0.4) is 0 Å². The number of carboxylic acids is 1. The lowest BCUT2D eigenvalue weighted by atomic mass is 9.87. The van der Waals surface area contributed by atoms with E-state index in [1.807, 2.05) is 6.07 Å². The molecule has 0 aromatic heterocycles. The minimum Gasteiger partial charge on any atom is -0.508 e. The Kier molecular flexibility index (Phi) is 7.90. The number of aliphatic carboxylic acids is 1. The lowest BCUT2D eigenvalue weighted by Crippen LogP contribution is -2.23. The van der Waals surface area contributed by atoms with Crippen molar-refractivity contribution < 1.29 is 24.5 Å². The maximum atomic E-state index is 11.1. The highest BCUT2D eigenvalue weighted by molar-refractivity contribution is 5.73. The number of carboxylic acid groups (broad SMARTS) is 1. The second kappa shape index (κ2) is 9.94. The summed E-state index contributed by atoms with van der Waals surface area (Å²) in [4.78, 5) is 21.7. The summed E-state index contributed by atoms with van der Waals surface area (Å²) in [6.45, 7) is 4.11. The zero-order valence-electron chi connectivity index (χ0n) is 17.2. The van der Waals surface area contributed by atoms with Crippen molar-refractivity contribution in [3.05, 3.63) is 29.3 Å². The smallest absolute Gasteiger partial charge is 0.309 e. The van der Waals surface area contributed by atoms with Gasteiger partial charge in [0.2, 0.25) is 0 Å². The summed E-state index contributed by atoms with van der Waals surface area (Å²) >= 11 is 0. The molecule has 0 spiro atoms. The number of carbonyl (C=O) groups excluding carboxylic acids is 1. The number of phenols is 1. The number of aromatic hydroxyl groups is 1. The van der Waals surface area contributed by atoms with Gasteiger partial charge in [-0.15, -0.1) is 0 Å². The number of ether oxygens (including phenoxy) is 1. The fourth-order valence-corrected chi connectivity index (χ4v) is 3.61. The van der Waals surface area contributed by atoms with Gasteiger partial charge in [-0.05, 0) is 88.8 Å². The van der Waals surface area contributed by atoms with Crippen molar-refractivity contribution in [3.8, 4) is 5.75 Å². The minimum absolute atomic E-state index is 0.194. The van der Waals surface area contributed by atoms with Crippen LogP contribution in [0.2, 0.25) is 0 Å². The zero-order chi connectivity index (χ0) is 20.6. The van der Waals surface area contributed by atoms with Gasteiger partial charge in [-0.25, -0.2) is 0 Å². The van der Waals surface area contributed by atoms with E-state index in [1.165, 1.54) is 5.56 Å². The first-order valence-corrected chi connectivity index (χ1v) is 10.4. The molecule has 1 aliphatic rings. The maximum Gasteiger partial charge on any atom is 0.309 e. The summed E-state index contributed by atoms with van der Waals surface area (Å²) in [7, 11) is 0. The third kappa shape index (κ3) is 6.84. The Bertz CT molecular complexity index is 661. The highest BCUT2D eigenvalue weighted by atomic mass is 16.5. The van der Waals surface area contributed by atoms with Gasteiger partial charge in [-0.3, -0.25) is 9.59 Å². The third-order valence-electron chi connectivity index (χ3n) is 5.92. The van der Waals surface area contributed by atoms with Crippen molar-refractivity contribution in [3.63, 3.8) is 0 Å². The van der Waals surface area contributed by atoms with Crippen LogP contribution < -0.4 is 0 Å². The summed E-state index contributed by atoms with van der Waals surface area (Å²) in [5.41, 5.74) is 1.35. The normalized spacial score (nSPS) is 15.2. The lowest BCUT2D eigenvalue weighted by molar-refractivity contribution is -0.147. The first-order valence-electron chi connectivity index (χ1n) is 10.4. The van der Waals surface area contributed by atoms with E-state index in [0.717, 1.165) is 69.8 Å². The monoisotopic (exact) mass is 390 g/mol. The summed E-state index contributed by atoms with van der Waals surface area (Å²) < 4.78 is 5.17. The Labute approximate surface area is 168 Å². The number of hydrogen-bond acceptors (Lipinski definition) is 4. The quantitative estimate of drug-likeness (QED) is 0.344. The van der Waals surface area contributed by atoms with Gasteiger partial charge in [0.25, 0.3) is 6.47 Å². The Morgan fingerprint density at radius 2 is 1.86 bits per heavy atom. The largest absolute Gasteiger partial charge is 0.508 e. The summed E-state index contributed by atoms with van der Waals surface area (Å²) in [6.07, 6.45) is 10.2. The fraction of sp³-hybridized carbons (Fsp3) is 0.652. The van der Waals surface area contributed by atoms with Crippen LogP contribution in [0.1, 0.15) is 82.8 Å². The van der Waals surface area contributed by atoms with Gasteiger partial charge >= 0.3 is 5.97 Å². The van der Waals surface area contributed by atoms with E-state index in [9.17, 15) is 14.7 Å². The van der Waals surface area contributed by atoms with Gasteiger partial charge in [0.15, 0.2) is 0 Å². The van der Waals surface area contributed by atoms with Crippen LogP contribution in [0.5, 0.6) is 5.75 Å². The zero-order valence-corrected chi connectivity index (χ0v) is 17.2. The first kappa shape index (κ1) is 22.3. The Morgan fingerprint density at radius 3 is 2.50 bits per heavy atom. The van der Waals surface area contributed by atoms with Crippen molar-refractivity contribution >= 4 is 12.4 Å². The van der Waals surface area contributed by atoms with Gasteiger partial charge < -0.3 is 14.9 Å². The molecule has 0 saturated heterocycles. The number of benzene rings is 1. The molecule has 0 radical (unpaired) electrons. The Balaban J connectivity index is 1.70. The van der Waals surface area contributed by atoms with E-state index in [0.29, 0.717) is 18.6 Å². The molecule has 28 heavy (non-hydrogen) atoms. The molecule has 1 saturated carbocycles. The number of unbranched alkanes of at least 4 members (excludes halogenated alkanes) is 3. The summed E-state index contributed by atoms with van der Waals surface area (Å²) in [5.74, 6) is -0.391. The van der Waals surface area contributed by atoms with E-state index in [-0.39, 0.29) is 5.60 Å².